The normalized spacial score (nSPS) is 13.7. The molecule has 0 aliphatic carbocycles. The average molecular weight is 426 g/mol. The molecule has 1 aliphatic rings. The zero-order valence-corrected chi connectivity index (χ0v) is 19.4. The maximum absolute atomic E-state index is 5.10. The lowest BCUT2D eigenvalue weighted by Gasteiger charge is -2.30. The number of thiazole rings is 1. The second kappa shape index (κ2) is 8.88. The van der Waals surface area contributed by atoms with Crippen LogP contribution in [0.15, 0.2) is 17.5 Å². The number of rotatable bonds is 7. The fourth-order valence-electron chi connectivity index (χ4n) is 4.53. The third-order valence-electron chi connectivity index (χ3n) is 5.65. The van der Waals surface area contributed by atoms with E-state index in [4.69, 9.17) is 14.8 Å². The van der Waals surface area contributed by atoms with E-state index < -0.39 is 0 Å². The first-order chi connectivity index (χ1) is 14.5. The first-order valence-corrected chi connectivity index (χ1v) is 11.4. The fraction of sp³-hybridized carbons (Fsp3) is 0.478. The minimum atomic E-state index is 0.709. The number of hydrogen-bond acceptors (Lipinski definition) is 6. The molecule has 3 heterocycles. The molecule has 0 bridgehead atoms. The minimum absolute atomic E-state index is 0.709. The van der Waals surface area contributed by atoms with E-state index in [1.54, 1.807) is 18.4 Å². The van der Waals surface area contributed by atoms with Crippen molar-refractivity contribution >= 4 is 22.8 Å². The summed E-state index contributed by atoms with van der Waals surface area (Å²) < 4.78 is 7.11. The number of nitrogens with one attached hydrogen (secondary N) is 1. The Balaban J connectivity index is 1.66. The Morgan fingerprint density at radius 1 is 1.20 bits per heavy atom. The van der Waals surface area contributed by atoms with Gasteiger partial charge in [-0.05, 0) is 44.7 Å². The number of methoxy groups -OCH3 is 1. The van der Waals surface area contributed by atoms with Crippen LogP contribution >= 0.6 is 11.3 Å². The van der Waals surface area contributed by atoms with Crippen molar-refractivity contribution in [2.75, 3.05) is 31.7 Å². The number of aromatic nitrogens is 3. The lowest BCUT2D eigenvalue weighted by molar-refractivity contribution is 0.199. The van der Waals surface area contributed by atoms with Crippen molar-refractivity contribution in [1.82, 2.24) is 20.1 Å². The number of fused-ring (bicyclic) bond motifs is 1. The van der Waals surface area contributed by atoms with Crippen LogP contribution in [0.1, 0.15) is 33.7 Å². The molecule has 3 aromatic rings. The summed E-state index contributed by atoms with van der Waals surface area (Å²) >= 11 is 1.70. The molecule has 1 aliphatic heterocycles. The van der Waals surface area contributed by atoms with Crippen LogP contribution in [0.25, 0.3) is 11.4 Å². The highest BCUT2D eigenvalue weighted by Gasteiger charge is 2.29. The van der Waals surface area contributed by atoms with E-state index in [0.29, 0.717) is 6.61 Å². The summed E-state index contributed by atoms with van der Waals surface area (Å²) in [4.78, 5) is 7.31. The molecular formula is C23H31N5OS. The van der Waals surface area contributed by atoms with Crippen LogP contribution in [0.5, 0.6) is 0 Å². The van der Waals surface area contributed by atoms with Gasteiger partial charge in [-0.2, -0.15) is 5.10 Å². The van der Waals surface area contributed by atoms with Crippen LogP contribution < -0.4 is 10.2 Å². The summed E-state index contributed by atoms with van der Waals surface area (Å²) in [7, 11) is 3.76. The van der Waals surface area contributed by atoms with Gasteiger partial charge in [0.1, 0.15) is 5.01 Å². The Labute approximate surface area is 182 Å². The van der Waals surface area contributed by atoms with Gasteiger partial charge < -0.3 is 15.0 Å². The molecule has 2 aromatic heterocycles. The maximum Gasteiger partial charge on any atom is 0.158 e. The standard InChI is InChI=1S/C23H31N5OS/c1-15-11-16(2)21(17(3)12-15)28-9-6-7-18-22(27(4)26-23(18)28)19-14-30-20(25-19)13-24-8-10-29-5/h11-12,14,24H,6-10,13H2,1-5H3. The van der Waals surface area contributed by atoms with E-state index in [9.17, 15) is 0 Å². The summed E-state index contributed by atoms with van der Waals surface area (Å²) in [6.45, 7) is 9.88. The Bertz CT molecular complexity index is 1020. The van der Waals surface area contributed by atoms with Crippen molar-refractivity contribution in [3.05, 3.63) is 44.8 Å². The van der Waals surface area contributed by atoms with Crippen molar-refractivity contribution in [2.24, 2.45) is 7.05 Å². The predicted octanol–water partition coefficient (Wildman–Crippen LogP) is 4.29. The average Bonchev–Trinajstić information content (AvgIpc) is 3.28. The summed E-state index contributed by atoms with van der Waals surface area (Å²) in [6, 6.07) is 4.54. The molecule has 7 heteroatoms. The lowest BCUT2D eigenvalue weighted by atomic mass is 9.99. The molecule has 1 N–H and O–H groups in total. The highest BCUT2D eigenvalue weighted by atomic mass is 32.1. The Morgan fingerprint density at radius 2 is 1.97 bits per heavy atom. The number of anilines is 2. The van der Waals surface area contributed by atoms with Gasteiger partial charge in [0.25, 0.3) is 0 Å². The molecule has 0 spiro atoms. The summed E-state index contributed by atoms with van der Waals surface area (Å²) in [5, 5.41) is 11.6. The van der Waals surface area contributed by atoms with E-state index in [1.807, 2.05) is 11.7 Å². The highest BCUT2D eigenvalue weighted by molar-refractivity contribution is 7.09. The molecule has 0 atom stereocenters. The van der Waals surface area contributed by atoms with Crippen molar-refractivity contribution in [2.45, 2.75) is 40.2 Å². The molecule has 0 saturated heterocycles. The Morgan fingerprint density at radius 3 is 2.70 bits per heavy atom. The highest BCUT2D eigenvalue weighted by Crippen LogP contribution is 2.40. The minimum Gasteiger partial charge on any atom is -0.383 e. The number of benzene rings is 1. The van der Waals surface area contributed by atoms with Crippen molar-refractivity contribution < 1.29 is 4.74 Å². The van der Waals surface area contributed by atoms with Crippen LogP contribution in [0, 0.1) is 20.8 Å². The molecule has 0 amide bonds. The molecular weight excluding hydrogens is 394 g/mol. The van der Waals surface area contributed by atoms with Crippen LogP contribution in [0.4, 0.5) is 11.5 Å². The summed E-state index contributed by atoms with van der Waals surface area (Å²) in [5.74, 6) is 1.08. The quantitative estimate of drug-likeness (QED) is 0.573. The van der Waals surface area contributed by atoms with Crippen molar-refractivity contribution in [3.8, 4) is 11.4 Å². The SMILES string of the molecule is COCCNCc1nc(-c2c3c(nn2C)N(c2c(C)cc(C)cc2C)CCC3)cs1. The number of ether oxygens (including phenoxy) is 1. The molecule has 0 radical (unpaired) electrons. The Kier molecular flexibility index (Phi) is 6.22. The van der Waals surface area contributed by atoms with Gasteiger partial charge in [0, 0.05) is 50.4 Å². The Hall–Kier alpha value is -2.22. The van der Waals surface area contributed by atoms with E-state index in [-0.39, 0.29) is 0 Å². The van der Waals surface area contributed by atoms with Crippen molar-refractivity contribution in [1.29, 1.82) is 0 Å². The number of nitrogens with zero attached hydrogens (tertiary/aromatic N) is 4. The lowest BCUT2D eigenvalue weighted by Crippen LogP contribution is -2.26. The molecule has 0 saturated carbocycles. The van der Waals surface area contributed by atoms with Gasteiger partial charge in [0.05, 0.1) is 18.0 Å². The molecule has 160 valence electrons. The molecule has 1 aromatic carbocycles. The van der Waals surface area contributed by atoms with Gasteiger partial charge in [-0.25, -0.2) is 4.98 Å². The molecule has 4 rings (SSSR count). The molecule has 0 unspecified atom stereocenters. The number of aryl methyl sites for hydroxylation is 4. The monoisotopic (exact) mass is 425 g/mol. The number of hydrogen-bond donors (Lipinski definition) is 1. The van der Waals surface area contributed by atoms with Crippen LogP contribution in [0.2, 0.25) is 0 Å². The van der Waals surface area contributed by atoms with Gasteiger partial charge in [-0.1, -0.05) is 17.7 Å². The molecule has 0 fully saturated rings. The topological polar surface area (TPSA) is 55.2 Å². The van der Waals surface area contributed by atoms with Crippen molar-refractivity contribution in [3.63, 3.8) is 0 Å². The van der Waals surface area contributed by atoms with Crippen LogP contribution in [-0.4, -0.2) is 41.6 Å². The van der Waals surface area contributed by atoms with Gasteiger partial charge in [0.15, 0.2) is 5.82 Å². The third-order valence-corrected chi connectivity index (χ3v) is 6.50. The maximum atomic E-state index is 5.10. The van der Waals surface area contributed by atoms with Gasteiger partial charge in [0.2, 0.25) is 0 Å². The smallest absolute Gasteiger partial charge is 0.158 e. The van der Waals surface area contributed by atoms with Crippen LogP contribution in [-0.2, 0) is 24.8 Å². The predicted molar refractivity (Wildman–Crippen MR) is 124 cm³/mol. The van der Waals surface area contributed by atoms with Gasteiger partial charge in [-0.3, -0.25) is 4.68 Å². The molecule has 6 nitrogen and oxygen atoms in total. The first kappa shape index (κ1) is 21.0. The van der Waals surface area contributed by atoms with E-state index in [1.165, 1.54) is 27.9 Å². The first-order valence-electron chi connectivity index (χ1n) is 10.5. The summed E-state index contributed by atoms with van der Waals surface area (Å²) in [6.07, 6.45) is 2.16. The fourth-order valence-corrected chi connectivity index (χ4v) is 5.28. The van der Waals surface area contributed by atoms with E-state index in [0.717, 1.165) is 54.7 Å². The second-order valence-corrected chi connectivity index (χ2v) is 9.02. The third kappa shape index (κ3) is 4.02. The second-order valence-electron chi connectivity index (χ2n) is 8.07. The largest absolute Gasteiger partial charge is 0.383 e. The van der Waals surface area contributed by atoms with E-state index >= 15 is 0 Å². The van der Waals surface area contributed by atoms with Crippen LogP contribution in [0.3, 0.4) is 0 Å². The van der Waals surface area contributed by atoms with Gasteiger partial charge in [-0.15, -0.1) is 11.3 Å². The summed E-state index contributed by atoms with van der Waals surface area (Å²) in [5.41, 5.74) is 8.72. The molecule has 30 heavy (non-hydrogen) atoms. The zero-order valence-electron chi connectivity index (χ0n) is 18.6. The van der Waals surface area contributed by atoms with E-state index in [2.05, 4.69) is 48.5 Å². The van der Waals surface area contributed by atoms with Gasteiger partial charge >= 0.3 is 0 Å². The zero-order chi connectivity index (χ0) is 21.3.